The summed E-state index contributed by atoms with van der Waals surface area (Å²) in [7, 11) is -1.55. The van der Waals surface area contributed by atoms with E-state index in [1.807, 2.05) is 0 Å². The zero-order valence-electron chi connectivity index (χ0n) is 17.7. The summed E-state index contributed by atoms with van der Waals surface area (Å²) in [5, 5.41) is 6.37. The minimum Gasteiger partial charge on any atom is -0.374 e. The maximum absolute atomic E-state index is 13.7. The molecular weight excluding hydrogens is 395 g/mol. The maximum atomic E-state index is 13.7. The number of halogens is 1. The number of morpholine rings is 1. The summed E-state index contributed by atoms with van der Waals surface area (Å²) >= 11 is 0. The van der Waals surface area contributed by atoms with Gasteiger partial charge >= 0.3 is 0 Å². The van der Waals surface area contributed by atoms with Gasteiger partial charge in [-0.1, -0.05) is 19.9 Å². The van der Waals surface area contributed by atoms with E-state index in [0.717, 1.165) is 19.6 Å². The highest BCUT2D eigenvalue weighted by Gasteiger charge is 2.21. The second kappa shape index (κ2) is 10.9. The zero-order chi connectivity index (χ0) is 21.4. The molecule has 0 bridgehead atoms. The van der Waals surface area contributed by atoms with Gasteiger partial charge in [0.25, 0.3) is 0 Å². The van der Waals surface area contributed by atoms with Crippen LogP contribution in [0.25, 0.3) is 0 Å². The first-order valence-electron chi connectivity index (χ1n) is 9.89. The van der Waals surface area contributed by atoms with E-state index in [2.05, 4.69) is 34.4 Å². The molecule has 0 aromatic heterocycles. The van der Waals surface area contributed by atoms with Crippen molar-refractivity contribution in [2.75, 3.05) is 46.1 Å². The number of ether oxygens (including phenoxy) is 1. The molecule has 1 unspecified atom stereocenters. The molecule has 1 saturated heterocycles. The lowest BCUT2D eigenvalue weighted by atomic mass is 10.1. The van der Waals surface area contributed by atoms with Gasteiger partial charge in [0.2, 0.25) is 0 Å². The van der Waals surface area contributed by atoms with Gasteiger partial charge in [0.05, 0.1) is 18.5 Å². The van der Waals surface area contributed by atoms with Gasteiger partial charge in [-0.15, -0.1) is 0 Å². The van der Waals surface area contributed by atoms with E-state index >= 15 is 0 Å². The molecule has 164 valence electrons. The molecule has 1 atom stereocenters. The predicted molar refractivity (Wildman–Crippen MR) is 114 cm³/mol. The fourth-order valence-electron chi connectivity index (χ4n) is 3.38. The first-order valence-corrected chi connectivity index (χ1v) is 12.0. The Balaban J connectivity index is 1.90. The smallest absolute Gasteiger partial charge is 0.191 e. The minimum absolute atomic E-state index is 0.0658. The number of sulfone groups is 1. The third-order valence-electron chi connectivity index (χ3n) is 4.60. The largest absolute Gasteiger partial charge is 0.374 e. The van der Waals surface area contributed by atoms with E-state index in [1.54, 1.807) is 7.05 Å². The third kappa shape index (κ3) is 8.67. The van der Waals surface area contributed by atoms with E-state index in [-0.39, 0.29) is 18.4 Å². The molecule has 29 heavy (non-hydrogen) atoms. The van der Waals surface area contributed by atoms with Crippen LogP contribution in [0.5, 0.6) is 0 Å². The first-order chi connectivity index (χ1) is 13.7. The van der Waals surface area contributed by atoms with Crippen LogP contribution in [0.1, 0.15) is 25.0 Å². The molecule has 1 aromatic carbocycles. The molecule has 2 N–H and O–H groups in total. The van der Waals surface area contributed by atoms with Crippen molar-refractivity contribution in [1.29, 1.82) is 0 Å². The summed E-state index contributed by atoms with van der Waals surface area (Å²) in [6, 6.07) is 4.15. The van der Waals surface area contributed by atoms with Crippen LogP contribution in [0, 0.1) is 11.7 Å². The molecule has 1 aromatic rings. The quantitative estimate of drug-likeness (QED) is 0.481. The molecule has 0 amide bonds. The molecule has 1 aliphatic heterocycles. The lowest BCUT2D eigenvalue weighted by molar-refractivity contribution is -0.0284. The van der Waals surface area contributed by atoms with Crippen LogP contribution in [0.15, 0.2) is 23.2 Å². The van der Waals surface area contributed by atoms with Crippen molar-refractivity contribution in [2.45, 2.75) is 32.2 Å². The van der Waals surface area contributed by atoms with Crippen LogP contribution in [-0.4, -0.2) is 71.5 Å². The number of aliphatic imine (C=N–C) groups is 1. The van der Waals surface area contributed by atoms with Crippen LogP contribution < -0.4 is 10.6 Å². The van der Waals surface area contributed by atoms with Crippen molar-refractivity contribution < 1.29 is 17.5 Å². The zero-order valence-corrected chi connectivity index (χ0v) is 18.6. The average molecular weight is 429 g/mol. The Bertz CT molecular complexity index is 799. The Hall–Kier alpha value is -1.71. The third-order valence-corrected chi connectivity index (χ3v) is 5.43. The molecule has 1 aliphatic rings. The standard InChI is InChI=1S/C20H33FN4O3S/c1-15(2)12-25-7-8-28-19(13-25)11-24-20(22-3)23-10-17-9-18(21)6-5-16(17)14-29(4,26)27/h5-6,9,15,19H,7-8,10-14H2,1-4H3,(H2,22,23,24). The predicted octanol–water partition coefficient (Wildman–Crippen LogP) is 1.39. The maximum Gasteiger partial charge on any atom is 0.191 e. The number of hydrogen-bond donors (Lipinski definition) is 2. The van der Waals surface area contributed by atoms with Gasteiger partial charge in [0, 0.05) is 46.0 Å². The number of hydrogen-bond acceptors (Lipinski definition) is 5. The van der Waals surface area contributed by atoms with Crippen molar-refractivity contribution >= 4 is 15.8 Å². The van der Waals surface area contributed by atoms with Gasteiger partial charge in [0.1, 0.15) is 5.82 Å². The van der Waals surface area contributed by atoms with Crippen LogP contribution >= 0.6 is 0 Å². The fraction of sp³-hybridized carbons (Fsp3) is 0.650. The summed E-state index contributed by atoms with van der Waals surface area (Å²) in [4.78, 5) is 6.60. The van der Waals surface area contributed by atoms with Crippen LogP contribution in [0.2, 0.25) is 0 Å². The van der Waals surface area contributed by atoms with E-state index < -0.39 is 15.7 Å². The van der Waals surface area contributed by atoms with Crippen molar-refractivity contribution in [3.05, 3.63) is 35.1 Å². The van der Waals surface area contributed by atoms with Crippen LogP contribution in [0.3, 0.4) is 0 Å². The van der Waals surface area contributed by atoms with Gasteiger partial charge in [-0.25, -0.2) is 12.8 Å². The number of nitrogens with one attached hydrogen (secondary N) is 2. The second-order valence-corrected chi connectivity index (χ2v) is 10.1. The molecule has 0 spiro atoms. The Kier molecular flexibility index (Phi) is 8.85. The first kappa shape index (κ1) is 23.6. The monoisotopic (exact) mass is 428 g/mol. The van der Waals surface area contributed by atoms with E-state index in [0.29, 0.717) is 36.2 Å². The molecular formula is C20H33FN4O3S. The average Bonchev–Trinajstić information content (AvgIpc) is 2.62. The lowest BCUT2D eigenvalue weighted by Crippen LogP contribution is -2.50. The summed E-state index contributed by atoms with van der Waals surface area (Å²) in [5.41, 5.74) is 1.17. The Morgan fingerprint density at radius 3 is 2.76 bits per heavy atom. The van der Waals surface area contributed by atoms with Gasteiger partial charge in [0.15, 0.2) is 15.8 Å². The molecule has 0 saturated carbocycles. The number of nitrogens with zero attached hydrogens (tertiary/aromatic N) is 2. The van der Waals surface area contributed by atoms with Gasteiger partial charge in [-0.2, -0.15) is 0 Å². The molecule has 1 fully saturated rings. The summed E-state index contributed by atoms with van der Waals surface area (Å²) in [6.07, 6.45) is 1.23. The van der Waals surface area contributed by atoms with Gasteiger partial charge < -0.3 is 15.4 Å². The molecule has 0 aliphatic carbocycles. The van der Waals surface area contributed by atoms with Crippen molar-refractivity contribution in [2.24, 2.45) is 10.9 Å². The molecule has 1 heterocycles. The van der Waals surface area contributed by atoms with E-state index in [1.165, 1.54) is 24.5 Å². The molecule has 0 radical (unpaired) electrons. The summed E-state index contributed by atoms with van der Waals surface area (Å²) in [5.74, 6) is 0.647. The molecule has 7 nitrogen and oxygen atoms in total. The Morgan fingerprint density at radius 1 is 1.34 bits per heavy atom. The number of rotatable bonds is 8. The van der Waals surface area contributed by atoms with E-state index in [9.17, 15) is 12.8 Å². The summed E-state index contributed by atoms with van der Waals surface area (Å²) in [6.45, 7) is 8.87. The Morgan fingerprint density at radius 2 is 2.10 bits per heavy atom. The SMILES string of the molecule is CN=C(NCc1cc(F)ccc1CS(C)(=O)=O)NCC1CN(CC(C)C)CCO1. The lowest BCUT2D eigenvalue weighted by Gasteiger charge is -2.34. The fourth-order valence-corrected chi connectivity index (χ4v) is 4.23. The molecule has 2 rings (SSSR count). The van der Waals surface area contributed by atoms with Gasteiger partial charge in [-0.3, -0.25) is 9.89 Å². The van der Waals surface area contributed by atoms with E-state index in [4.69, 9.17) is 4.74 Å². The highest BCUT2D eigenvalue weighted by molar-refractivity contribution is 7.89. The molecule has 9 heteroatoms. The highest BCUT2D eigenvalue weighted by Crippen LogP contribution is 2.14. The van der Waals surface area contributed by atoms with Crippen molar-refractivity contribution in [1.82, 2.24) is 15.5 Å². The summed E-state index contributed by atoms with van der Waals surface area (Å²) < 4.78 is 42.8. The highest BCUT2D eigenvalue weighted by atomic mass is 32.2. The van der Waals surface area contributed by atoms with Crippen molar-refractivity contribution in [3.8, 4) is 0 Å². The number of benzene rings is 1. The van der Waals surface area contributed by atoms with Crippen molar-refractivity contribution in [3.63, 3.8) is 0 Å². The van der Waals surface area contributed by atoms with Crippen LogP contribution in [0.4, 0.5) is 4.39 Å². The number of guanidine groups is 1. The van der Waals surface area contributed by atoms with Crippen LogP contribution in [-0.2, 0) is 26.9 Å². The topological polar surface area (TPSA) is 83.0 Å². The Labute approximate surface area is 173 Å². The van der Waals surface area contributed by atoms with Gasteiger partial charge in [-0.05, 0) is 29.2 Å². The normalized spacial score (nSPS) is 18.8. The minimum atomic E-state index is -3.21. The second-order valence-electron chi connectivity index (χ2n) is 7.94.